The van der Waals surface area contributed by atoms with Crippen LogP contribution in [0.25, 0.3) is 0 Å². The van der Waals surface area contributed by atoms with Crippen molar-refractivity contribution in [1.82, 2.24) is 5.32 Å². The van der Waals surface area contributed by atoms with Gasteiger partial charge in [-0.3, -0.25) is 4.31 Å². The minimum Gasteiger partial charge on any atom is -0.311 e. The van der Waals surface area contributed by atoms with Gasteiger partial charge in [-0.2, -0.15) is 0 Å². The Balaban J connectivity index is 0.00000161. The van der Waals surface area contributed by atoms with Crippen LogP contribution in [-0.4, -0.2) is 27.3 Å². The van der Waals surface area contributed by atoms with E-state index in [-0.39, 0.29) is 12.4 Å². The molecule has 1 heterocycles. The van der Waals surface area contributed by atoms with E-state index in [0.717, 1.165) is 30.6 Å². The summed E-state index contributed by atoms with van der Waals surface area (Å²) in [4.78, 5) is 0. The Kier molecular flexibility index (Phi) is 5.52. The van der Waals surface area contributed by atoms with Gasteiger partial charge in [-0.25, -0.2) is 8.42 Å². The van der Waals surface area contributed by atoms with Crippen molar-refractivity contribution in [2.75, 3.05) is 23.1 Å². The lowest BCUT2D eigenvalue weighted by Gasteiger charge is -2.25. The van der Waals surface area contributed by atoms with E-state index in [9.17, 15) is 8.42 Å². The number of nitrogens with zero attached hydrogens (tertiary/aromatic N) is 1. The number of fused-ring (bicyclic) bond motifs is 1. The summed E-state index contributed by atoms with van der Waals surface area (Å²) in [6.07, 6.45) is 4.48. The van der Waals surface area contributed by atoms with Crippen LogP contribution in [0.5, 0.6) is 0 Å². The molecule has 1 fully saturated rings. The minimum atomic E-state index is -3.21. The highest BCUT2D eigenvalue weighted by Crippen LogP contribution is 2.30. The van der Waals surface area contributed by atoms with E-state index in [1.807, 2.05) is 24.3 Å². The van der Waals surface area contributed by atoms with Crippen molar-refractivity contribution in [2.45, 2.75) is 32.2 Å². The maximum atomic E-state index is 12.8. The largest absolute Gasteiger partial charge is 0.311 e. The summed E-state index contributed by atoms with van der Waals surface area (Å²) in [6, 6.07) is 7.82. The van der Waals surface area contributed by atoms with Gasteiger partial charge in [-0.15, -0.1) is 12.4 Å². The van der Waals surface area contributed by atoms with Gasteiger partial charge in [-0.05, 0) is 30.4 Å². The standard InChI is InChI=1S/C15H22N2O2S.ClH/c18-20(19,12-13-5-1-2-6-13)17-10-9-16-11-14-7-3-4-8-15(14)17;/h3-4,7-8,13,16H,1-2,5-6,9-12H2;1H. The topological polar surface area (TPSA) is 49.4 Å². The average Bonchev–Trinajstić information content (AvgIpc) is 2.81. The fourth-order valence-corrected chi connectivity index (χ4v) is 5.24. The zero-order valence-electron chi connectivity index (χ0n) is 12.1. The highest BCUT2D eigenvalue weighted by molar-refractivity contribution is 7.92. The summed E-state index contributed by atoms with van der Waals surface area (Å²) >= 11 is 0. The molecule has 0 spiro atoms. The highest BCUT2D eigenvalue weighted by Gasteiger charge is 2.30. The van der Waals surface area contributed by atoms with Crippen molar-refractivity contribution in [2.24, 2.45) is 5.92 Å². The van der Waals surface area contributed by atoms with Crippen molar-refractivity contribution in [1.29, 1.82) is 0 Å². The predicted molar refractivity (Wildman–Crippen MR) is 88.5 cm³/mol. The van der Waals surface area contributed by atoms with Gasteiger partial charge in [0.25, 0.3) is 0 Å². The number of rotatable bonds is 3. The lowest BCUT2D eigenvalue weighted by molar-refractivity contribution is 0.554. The molecule has 1 saturated carbocycles. The molecular formula is C15H23ClN2O2S. The molecule has 0 amide bonds. The first-order chi connectivity index (χ1) is 9.67. The molecule has 0 radical (unpaired) electrons. The van der Waals surface area contributed by atoms with E-state index in [1.165, 1.54) is 12.8 Å². The van der Waals surface area contributed by atoms with Crippen molar-refractivity contribution >= 4 is 28.1 Å². The second kappa shape index (κ2) is 6.99. The van der Waals surface area contributed by atoms with Crippen molar-refractivity contribution in [3.8, 4) is 0 Å². The van der Waals surface area contributed by atoms with Gasteiger partial charge in [0.15, 0.2) is 0 Å². The highest BCUT2D eigenvalue weighted by atomic mass is 35.5. The number of nitrogens with one attached hydrogen (secondary N) is 1. The molecule has 0 bridgehead atoms. The number of para-hydroxylation sites is 1. The molecule has 6 heteroatoms. The monoisotopic (exact) mass is 330 g/mol. The van der Waals surface area contributed by atoms with Crippen LogP contribution in [0.15, 0.2) is 24.3 Å². The van der Waals surface area contributed by atoms with E-state index in [1.54, 1.807) is 4.31 Å². The quantitative estimate of drug-likeness (QED) is 0.926. The van der Waals surface area contributed by atoms with Gasteiger partial charge in [0.1, 0.15) is 0 Å². The van der Waals surface area contributed by atoms with Crippen molar-refractivity contribution < 1.29 is 8.42 Å². The molecule has 1 aromatic carbocycles. The van der Waals surface area contributed by atoms with Gasteiger partial charge in [-0.1, -0.05) is 31.0 Å². The molecule has 1 aromatic rings. The summed E-state index contributed by atoms with van der Waals surface area (Å²) in [5.41, 5.74) is 1.93. The third kappa shape index (κ3) is 3.71. The average molecular weight is 331 g/mol. The second-order valence-electron chi connectivity index (χ2n) is 5.81. The lowest BCUT2D eigenvalue weighted by Crippen LogP contribution is -2.37. The van der Waals surface area contributed by atoms with E-state index < -0.39 is 10.0 Å². The van der Waals surface area contributed by atoms with E-state index in [2.05, 4.69) is 5.32 Å². The SMILES string of the molecule is Cl.O=S(=O)(CC1CCCC1)N1CCNCc2ccccc21. The Bertz CT molecular complexity index is 571. The van der Waals surface area contributed by atoms with E-state index in [0.29, 0.717) is 24.8 Å². The molecule has 0 atom stereocenters. The van der Waals surface area contributed by atoms with Crippen LogP contribution in [0, 0.1) is 5.92 Å². The van der Waals surface area contributed by atoms with E-state index in [4.69, 9.17) is 0 Å². The Morgan fingerprint density at radius 1 is 1.19 bits per heavy atom. The van der Waals surface area contributed by atoms with Crippen molar-refractivity contribution in [3.05, 3.63) is 29.8 Å². The molecule has 0 unspecified atom stereocenters. The van der Waals surface area contributed by atoms with Crippen LogP contribution in [0.1, 0.15) is 31.2 Å². The van der Waals surface area contributed by atoms with Crippen LogP contribution in [0.4, 0.5) is 5.69 Å². The van der Waals surface area contributed by atoms with Crippen molar-refractivity contribution in [3.63, 3.8) is 0 Å². The van der Waals surface area contributed by atoms with Gasteiger partial charge < -0.3 is 5.32 Å². The predicted octanol–water partition coefficient (Wildman–Crippen LogP) is 2.54. The molecule has 0 saturated heterocycles. The van der Waals surface area contributed by atoms with Gasteiger partial charge in [0, 0.05) is 19.6 Å². The number of hydrogen-bond acceptors (Lipinski definition) is 3. The van der Waals surface area contributed by atoms with Crippen LogP contribution in [-0.2, 0) is 16.6 Å². The van der Waals surface area contributed by atoms with Gasteiger partial charge in [0.05, 0.1) is 11.4 Å². The Hall–Kier alpha value is -0.780. The number of sulfonamides is 1. The zero-order chi connectivity index (χ0) is 14.0. The normalized spacial score (nSPS) is 19.7. The zero-order valence-corrected chi connectivity index (χ0v) is 13.8. The van der Waals surface area contributed by atoms with Gasteiger partial charge >= 0.3 is 0 Å². The fourth-order valence-electron chi connectivity index (χ4n) is 3.28. The minimum absolute atomic E-state index is 0. The Morgan fingerprint density at radius 3 is 2.67 bits per heavy atom. The lowest BCUT2D eigenvalue weighted by atomic mass is 10.1. The number of anilines is 1. The second-order valence-corrected chi connectivity index (χ2v) is 7.74. The Labute approximate surface area is 133 Å². The number of halogens is 1. The summed E-state index contributed by atoms with van der Waals surface area (Å²) < 4.78 is 27.1. The maximum Gasteiger partial charge on any atom is 0.235 e. The fraction of sp³-hybridized carbons (Fsp3) is 0.600. The summed E-state index contributed by atoms with van der Waals surface area (Å²) in [7, 11) is -3.21. The molecule has 1 aliphatic heterocycles. The summed E-state index contributed by atoms with van der Waals surface area (Å²) in [5, 5.41) is 3.29. The summed E-state index contributed by atoms with van der Waals surface area (Å²) in [5.74, 6) is 0.657. The van der Waals surface area contributed by atoms with E-state index >= 15 is 0 Å². The first-order valence-corrected chi connectivity index (χ1v) is 9.07. The molecular weight excluding hydrogens is 308 g/mol. The third-order valence-corrected chi connectivity index (χ3v) is 6.27. The van der Waals surface area contributed by atoms with Crippen LogP contribution in [0.3, 0.4) is 0 Å². The molecule has 0 aromatic heterocycles. The number of hydrogen-bond donors (Lipinski definition) is 1. The summed E-state index contributed by atoms with van der Waals surface area (Å²) in [6.45, 7) is 1.98. The smallest absolute Gasteiger partial charge is 0.235 e. The molecule has 3 rings (SSSR count). The van der Waals surface area contributed by atoms with Crippen LogP contribution < -0.4 is 9.62 Å². The van der Waals surface area contributed by atoms with Crippen LogP contribution in [0.2, 0.25) is 0 Å². The first kappa shape index (κ1) is 16.6. The first-order valence-electron chi connectivity index (χ1n) is 7.46. The molecule has 1 N–H and O–H groups in total. The molecule has 4 nitrogen and oxygen atoms in total. The third-order valence-electron chi connectivity index (χ3n) is 4.32. The van der Waals surface area contributed by atoms with Crippen LogP contribution >= 0.6 is 12.4 Å². The molecule has 21 heavy (non-hydrogen) atoms. The maximum absolute atomic E-state index is 12.8. The number of benzene rings is 1. The molecule has 2 aliphatic rings. The van der Waals surface area contributed by atoms with Gasteiger partial charge in [0.2, 0.25) is 10.0 Å². The molecule has 118 valence electrons. The Morgan fingerprint density at radius 2 is 1.90 bits per heavy atom. The molecule has 1 aliphatic carbocycles.